The zero-order chi connectivity index (χ0) is 18.7. The largest absolute Gasteiger partial charge is 0.306 e. The average Bonchev–Trinajstić information content (AvgIpc) is 2.86. The van der Waals surface area contributed by atoms with E-state index in [1.807, 2.05) is 30.3 Å². The number of halogens is 1. The lowest BCUT2D eigenvalue weighted by molar-refractivity contribution is -0.142. The zero-order valence-corrected chi connectivity index (χ0v) is 17.5. The van der Waals surface area contributed by atoms with Gasteiger partial charge in [-0.25, -0.2) is 0 Å². The molecular formula is C21H32ClN3O2. The number of carbonyl (C=O) groups is 2. The van der Waals surface area contributed by atoms with Crippen molar-refractivity contribution < 1.29 is 9.59 Å². The predicted octanol–water partition coefficient (Wildman–Crippen LogP) is 2.61. The van der Waals surface area contributed by atoms with Crippen LogP contribution in [-0.2, 0) is 9.59 Å². The minimum atomic E-state index is -0.561. The minimum absolute atomic E-state index is 0. The second-order valence-electron chi connectivity index (χ2n) is 7.63. The van der Waals surface area contributed by atoms with Crippen LogP contribution in [0.15, 0.2) is 30.3 Å². The number of carbonyl (C=O) groups excluding carboxylic acids is 2. The SMILES string of the molecule is CCN(CC)CCN1C(=O)C(c2ccccc2)C2(CCN(C)CC2)C1=O.Cl. The summed E-state index contributed by atoms with van der Waals surface area (Å²) in [4.78, 5) is 32.8. The molecule has 27 heavy (non-hydrogen) atoms. The topological polar surface area (TPSA) is 43.9 Å². The summed E-state index contributed by atoms with van der Waals surface area (Å²) in [6.07, 6.45) is 1.52. The highest BCUT2D eigenvalue weighted by Gasteiger charge is 2.59. The molecule has 2 aliphatic rings. The molecule has 1 unspecified atom stereocenters. The van der Waals surface area contributed by atoms with Gasteiger partial charge in [-0.2, -0.15) is 0 Å². The van der Waals surface area contributed by atoms with Crippen LogP contribution in [0.2, 0.25) is 0 Å². The Morgan fingerprint density at radius 2 is 1.67 bits per heavy atom. The summed E-state index contributed by atoms with van der Waals surface area (Å²) in [6.45, 7) is 9.08. The third-order valence-electron chi connectivity index (χ3n) is 6.28. The third kappa shape index (κ3) is 4.05. The van der Waals surface area contributed by atoms with Crippen LogP contribution in [-0.4, -0.2) is 72.8 Å². The van der Waals surface area contributed by atoms with Gasteiger partial charge < -0.3 is 9.80 Å². The molecule has 2 amide bonds. The van der Waals surface area contributed by atoms with Crippen LogP contribution in [0.25, 0.3) is 0 Å². The maximum atomic E-state index is 13.4. The van der Waals surface area contributed by atoms with Gasteiger partial charge in [-0.1, -0.05) is 44.2 Å². The van der Waals surface area contributed by atoms with E-state index in [2.05, 4.69) is 30.7 Å². The Hall–Kier alpha value is -1.43. The predicted molar refractivity (Wildman–Crippen MR) is 110 cm³/mol. The van der Waals surface area contributed by atoms with Crippen molar-refractivity contribution >= 4 is 24.2 Å². The Labute approximate surface area is 169 Å². The highest BCUT2D eigenvalue weighted by Crippen LogP contribution is 2.51. The lowest BCUT2D eigenvalue weighted by Crippen LogP contribution is -2.46. The van der Waals surface area contributed by atoms with E-state index in [9.17, 15) is 9.59 Å². The van der Waals surface area contributed by atoms with E-state index >= 15 is 0 Å². The number of amides is 2. The van der Waals surface area contributed by atoms with Crippen LogP contribution in [0.1, 0.15) is 38.2 Å². The Morgan fingerprint density at radius 1 is 1.07 bits per heavy atom. The van der Waals surface area contributed by atoms with Crippen molar-refractivity contribution in [2.24, 2.45) is 5.41 Å². The minimum Gasteiger partial charge on any atom is -0.306 e. The van der Waals surface area contributed by atoms with Crippen LogP contribution in [0, 0.1) is 5.41 Å². The number of likely N-dealkylation sites (tertiary alicyclic amines) is 2. The number of piperidine rings is 1. The number of rotatable bonds is 6. The van der Waals surface area contributed by atoms with E-state index in [0.717, 1.165) is 51.1 Å². The van der Waals surface area contributed by atoms with Crippen LogP contribution >= 0.6 is 12.4 Å². The molecule has 2 heterocycles. The van der Waals surface area contributed by atoms with E-state index in [1.54, 1.807) is 4.90 Å². The number of likely N-dealkylation sites (N-methyl/N-ethyl adjacent to an activating group) is 1. The summed E-state index contributed by atoms with van der Waals surface area (Å²) in [7, 11) is 2.09. The molecule has 0 aliphatic carbocycles. The zero-order valence-electron chi connectivity index (χ0n) is 16.7. The van der Waals surface area contributed by atoms with E-state index in [-0.39, 0.29) is 30.1 Å². The van der Waals surface area contributed by atoms with Gasteiger partial charge in [0.1, 0.15) is 0 Å². The molecular weight excluding hydrogens is 362 g/mol. The van der Waals surface area contributed by atoms with Crippen molar-refractivity contribution in [3.63, 3.8) is 0 Å². The summed E-state index contributed by atoms with van der Waals surface area (Å²) in [5.41, 5.74) is 0.425. The fourth-order valence-electron chi connectivity index (χ4n) is 4.50. The second-order valence-corrected chi connectivity index (χ2v) is 7.63. The van der Waals surface area contributed by atoms with Gasteiger partial charge in [0, 0.05) is 13.1 Å². The van der Waals surface area contributed by atoms with Gasteiger partial charge >= 0.3 is 0 Å². The smallest absolute Gasteiger partial charge is 0.237 e. The highest BCUT2D eigenvalue weighted by atomic mass is 35.5. The van der Waals surface area contributed by atoms with E-state index < -0.39 is 5.41 Å². The number of hydrogen-bond acceptors (Lipinski definition) is 4. The summed E-state index contributed by atoms with van der Waals surface area (Å²) < 4.78 is 0. The molecule has 0 saturated carbocycles. The number of hydrogen-bond donors (Lipinski definition) is 0. The fraction of sp³-hybridized carbons (Fsp3) is 0.619. The van der Waals surface area contributed by atoms with E-state index in [1.165, 1.54) is 0 Å². The lowest BCUT2D eigenvalue weighted by Gasteiger charge is -2.39. The Morgan fingerprint density at radius 3 is 2.22 bits per heavy atom. The fourth-order valence-corrected chi connectivity index (χ4v) is 4.50. The number of nitrogens with zero attached hydrogens (tertiary/aromatic N) is 3. The molecule has 1 atom stereocenters. The average molecular weight is 394 g/mol. The van der Waals surface area contributed by atoms with Crippen molar-refractivity contribution in [2.75, 3.05) is 46.3 Å². The summed E-state index contributed by atoms with van der Waals surface area (Å²) in [5, 5.41) is 0. The molecule has 2 saturated heterocycles. The lowest BCUT2D eigenvalue weighted by atomic mass is 9.67. The molecule has 0 N–H and O–H groups in total. The van der Waals surface area contributed by atoms with Gasteiger partial charge in [-0.3, -0.25) is 14.5 Å². The number of benzene rings is 1. The van der Waals surface area contributed by atoms with Gasteiger partial charge in [-0.15, -0.1) is 12.4 Å². The monoisotopic (exact) mass is 393 g/mol. The Balaban J connectivity index is 0.00000261. The summed E-state index contributed by atoms with van der Waals surface area (Å²) in [6, 6.07) is 9.90. The molecule has 5 nitrogen and oxygen atoms in total. The second kappa shape index (κ2) is 9.18. The molecule has 1 spiro atoms. The van der Waals surface area contributed by atoms with E-state index in [0.29, 0.717) is 6.54 Å². The van der Waals surface area contributed by atoms with Gasteiger partial charge in [0.25, 0.3) is 0 Å². The van der Waals surface area contributed by atoms with Crippen molar-refractivity contribution in [3.05, 3.63) is 35.9 Å². The maximum absolute atomic E-state index is 13.4. The standard InChI is InChI=1S/C21H31N3O2.ClH/c1-4-23(5-2)15-16-24-19(25)18(17-9-7-6-8-10-17)21(20(24)26)11-13-22(3)14-12-21;/h6-10,18H,4-5,11-16H2,1-3H3;1H. The molecule has 0 radical (unpaired) electrons. The molecule has 150 valence electrons. The maximum Gasteiger partial charge on any atom is 0.237 e. The summed E-state index contributed by atoms with van der Waals surface area (Å²) >= 11 is 0. The molecule has 1 aromatic rings. The van der Waals surface area contributed by atoms with Gasteiger partial charge in [-0.05, 0) is 51.6 Å². The van der Waals surface area contributed by atoms with Gasteiger partial charge in [0.05, 0.1) is 11.3 Å². The number of imide groups is 1. The molecule has 3 rings (SSSR count). The van der Waals surface area contributed by atoms with Crippen molar-refractivity contribution in [2.45, 2.75) is 32.6 Å². The molecule has 2 fully saturated rings. The molecule has 0 bridgehead atoms. The van der Waals surface area contributed by atoms with Crippen LogP contribution in [0.5, 0.6) is 0 Å². The van der Waals surface area contributed by atoms with Crippen LogP contribution < -0.4 is 0 Å². The van der Waals surface area contributed by atoms with Gasteiger partial charge in [0.15, 0.2) is 0 Å². The van der Waals surface area contributed by atoms with Crippen LogP contribution in [0.4, 0.5) is 0 Å². The molecule has 6 heteroatoms. The first-order valence-electron chi connectivity index (χ1n) is 9.85. The Bertz CT molecular complexity index is 640. The summed E-state index contributed by atoms with van der Waals surface area (Å²) in [5.74, 6) is -0.281. The molecule has 1 aromatic carbocycles. The first-order chi connectivity index (χ1) is 12.5. The Kier molecular flexibility index (Phi) is 7.43. The molecule has 2 aliphatic heterocycles. The molecule has 0 aromatic heterocycles. The normalized spacial score (nSPS) is 22.5. The highest BCUT2D eigenvalue weighted by molar-refractivity contribution is 6.10. The van der Waals surface area contributed by atoms with Crippen molar-refractivity contribution in [1.82, 2.24) is 14.7 Å². The van der Waals surface area contributed by atoms with Crippen molar-refractivity contribution in [1.29, 1.82) is 0 Å². The van der Waals surface area contributed by atoms with E-state index in [4.69, 9.17) is 0 Å². The first kappa shape index (κ1) is 21.9. The van der Waals surface area contributed by atoms with Gasteiger partial charge in [0.2, 0.25) is 11.8 Å². The van der Waals surface area contributed by atoms with Crippen LogP contribution in [0.3, 0.4) is 0 Å². The quantitative estimate of drug-likeness (QED) is 0.697. The first-order valence-corrected chi connectivity index (χ1v) is 9.85. The van der Waals surface area contributed by atoms with Crippen molar-refractivity contribution in [3.8, 4) is 0 Å². The third-order valence-corrected chi connectivity index (χ3v) is 6.28.